The Labute approximate surface area is 206 Å². The first kappa shape index (κ1) is 23.5. The molecule has 8 heteroatoms. The molecule has 0 spiro atoms. The summed E-state index contributed by atoms with van der Waals surface area (Å²) in [5.74, 6) is -0.984. The number of benzene rings is 3. The number of halogens is 1. The molecule has 0 radical (unpaired) electrons. The van der Waals surface area contributed by atoms with Gasteiger partial charge < -0.3 is 9.64 Å². The van der Waals surface area contributed by atoms with Crippen LogP contribution in [0, 0.1) is 5.92 Å². The number of likely N-dealkylation sites (tertiary alicyclic amines) is 1. The fourth-order valence-electron chi connectivity index (χ4n) is 3.75. The van der Waals surface area contributed by atoms with Crippen LogP contribution in [0.3, 0.4) is 0 Å². The molecule has 3 amide bonds. The van der Waals surface area contributed by atoms with Gasteiger partial charge in [-0.05, 0) is 44.8 Å². The summed E-state index contributed by atoms with van der Waals surface area (Å²) in [6.07, 6.45) is 0.117. The Morgan fingerprint density at radius 3 is 2.35 bits per heavy atom. The van der Waals surface area contributed by atoms with Gasteiger partial charge in [0.25, 0.3) is 5.91 Å². The number of carbonyl (C=O) groups excluding carboxylic acids is 3. The number of nitrogens with one attached hydrogen (secondary N) is 2. The molecular formula is C26H24BrN3O4. The zero-order valence-electron chi connectivity index (χ0n) is 18.4. The molecule has 3 aromatic carbocycles. The molecule has 4 rings (SSSR count). The second-order valence-electron chi connectivity index (χ2n) is 8.00. The van der Waals surface area contributed by atoms with Gasteiger partial charge in [-0.1, -0.05) is 66.7 Å². The van der Waals surface area contributed by atoms with Gasteiger partial charge in [0.15, 0.2) is 6.61 Å². The van der Waals surface area contributed by atoms with Crippen molar-refractivity contribution in [1.29, 1.82) is 0 Å². The number of rotatable bonds is 7. The zero-order valence-corrected chi connectivity index (χ0v) is 20.0. The number of hydrogen-bond donors (Lipinski definition) is 2. The summed E-state index contributed by atoms with van der Waals surface area (Å²) in [4.78, 5) is 38.5. The Bertz CT molecular complexity index is 1170. The number of hydrazine groups is 1. The summed E-state index contributed by atoms with van der Waals surface area (Å²) in [5.41, 5.74) is 7.85. The van der Waals surface area contributed by atoms with Crippen molar-refractivity contribution in [2.75, 3.05) is 13.2 Å². The summed E-state index contributed by atoms with van der Waals surface area (Å²) >= 11 is 3.47. The van der Waals surface area contributed by atoms with Crippen molar-refractivity contribution in [3.05, 3.63) is 88.9 Å². The third-order valence-corrected chi connectivity index (χ3v) is 6.14. The van der Waals surface area contributed by atoms with Crippen LogP contribution in [0.1, 0.15) is 12.0 Å². The molecule has 1 fully saturated rings. The van der Waals surface area contributed by atoms with E-state index < -0.39 is 17.7 Å². The number of nitrogens with zero attached hydrogens (tertiary/aromatic N) is 1. The maximum absolute atomic E-state index is 12.4. The summed E-state index contributed by atoms with van der Waals surface area (Å²) in [5, 5.41) is 0. The maximum atomic E-state index is 12.4. The second-order valence-corrected chi connectivity index (χ2v) is 8.85. The lowest BCUT2D eigenvalue weighted by atomic mass is 10.1. The first-order valence-electron chi connectivity index (χ1n) is 10.9. The molecule has 1 saturated heterocycles. The summed E-state index contributed by atoms with van der Waals surface area (Å²) in [6, 6.07) is 25.1. The fraction of sp³-hybridized carbons (Fsp3) is 0.192. The van der Waals surface area contributed by atoms with E-state index in [0.717, 1.165) is 16.7 Å². The van der Waals surface area contributed by atoms with E-state index in [4.69, 9.17) is 4.74 Å². The highest BCUT2D eigenvalue weighted by Gasteiger charge is 2.34. The van der Waals surface area contributed by atoms with Gasteiger partial charge in [0, 0.05) is 19.5 Å². The van der Waals surface area contributed by atoms with E-state index >= 15 is 0 Å². The van der Waals surface area contributed by atoms with E-state index in [0.29, 0.717) is 23.3 Å². The molecule has 0 aliphatic carbocycles. The minimum atomic E-state index is -0.517. The van der Waals surface area contributed by atoms with Crippen LogP contribution in [-0.4, -0.2) is 35.8 Å². The standard InChI is InChI=1S/C26H24BrN3O4/c27-22-13-20(19-9-5-2-6-10-19)11-12-23(22)34-17-24(31)28-29-26(33)21-14-25(32)30(16-21)15-18-7-3-1-4-8-18/h1-13,21H,14-17H2,(H,28,31)(H,29,33). The highest BCUT2D eigenvalue weighted by Crippen LogP contribution is 2.30. The topological polar surface area (TPSA) is 87.7 Å². The first-order valence-corrected chi connectivity index (χ1v) is 11.7. The van der Waals surface area contributed by atoms with Crippen LogP contribution in [-0.2, 0) is 20.9 Å². The Hall–Kier alpha value is -3.65. The van der Waals surface area contributed by atoms with E-state index in [9.17, 15) is 14.4 Å². The summed E-state index contributed by atoms with van der Waals surface area (Å²) in [7, 11) is 0. The number of hydrogen-bond acceptors (Lipinski definition) is 4. The molecule has 1 heterocycles. The van der Waals surface area contributed by atoms with Crippen molar-refractivity contribution in [3.63, 3.8) is 0 Å². The average molecular weight is 522 g/mol. The van der Waals surface area contributed by atoms with Gasteiger partial charge >= 0.3 is 0 Å². The third kappa shape index (κ3) is 6.02. The first-order chi connectivity index (χ1) is 16.5. The van der Waals surface area contributed by atoms with E-state index in [1.165, 1.54) is 0 Å². The molecular weight excluding hydrogens is 498 g/mol. The van der Waals surface area contributed by atoms with Crippen LogP contribution in [0.15, 0.2) is 83.3 Å². The van der Waals surface area contributed by atoms with E-state index in [1.54, 1.807) is 11.0 Å². The predicted octanol–water partition coefficient (Wildman–Crippen LogP) is 3.69. The lowest BCUT2D eigenvalue weighted by Crippen LogP contribution is -2.46. The number of carbonyl (C=O) groups is 3. The Kier molecular flexibility index (Phi) is 7.59. The monoisotopic (exact) mass is 521 g/mol. The summed E-state index contributed by atoms with van der Waals surface area (Å²) < 4.78 is 6.29. The second kappa shape index (κ2) is 11.0. The van der Waals surface area contributed by atoms with Crippen LogP contribution in [0.5, 0.6) is 5.75 Å². The molecule has 1 aliphatic heterocycles. The van der Waals surface area contributed by atoms with Gasteiger partial charge in [0.1, 0.15) is 5.75 Å². The van der Waals surface area contributed by atoms with Crippen molar-refractivity contribution in [1.82, 2.24) is 15.8 Å². The lowest BCUT2D eigenvalue weighted by molar-refractivity contribution is -0.132. The van der Waals surface area contributed by atoms with Crippen LogP contribution in [0.4, 0.5) is 0 Å². The zero-order chi connectivity index (χ0) is 23.9. The van der Waals surface area contributed by atoms with Crippen molar-refractivity contribution < 1.29 is 19.1 Å². The van der Waals surface area contributed by atoms with Crippen molar-refractivity contribution in [2.24, 2.45) is 5.92 Å². The molecule has 1 unspecified atom stereocenters. The van der Waals surface area contributed by atoms with Gasteiger partial charge in [-0.25, -0.2) is 0 Å². The SMILES string of the molecule is O=C(COc1ccc(-c2ccccc2)cc1Br)NNC(=O)C1CC(=O)N(Cc2ccccc2)C1. The molecule has 3 aromatic rings. The summed E-state index contributed by atoms with van der Waals surface area (Å²) in [6.45, 7) is 0.502. The van der Waals surface area contributed by atoms with Gasteiger partial charge in [-0.2, -0.15) is 0 Å². The highest BCUT2D eigenvalue weighted by atomic mass is 79.9. The van der Waals surface area contributed by atoms with Gasteiger partial charge in [-0.3, -0.25) is 25.2 Å². The lowest BCUT2D eigenvalue weighted by Gasteiger charge is -2.17. The fourth-order valence-corrected chi connectivity index (χ4v) is 4.24. The predicted molar refractivity (Wildman–Crippen MR) is 131 cm³/mol. The maximum Gasteiger partial charge on any atom is 0.276 e. The molecule has 2 N–H and O–H groups in total. The molecule has 0 bridgehead atoms. The Balaban J connectivity index is 1.23. The minimum absolute atomic E-state index is 0.0811. The molecule has 0 saturated carbocycles. The van der Waals surface area contributed by atoms with Crippen LogP contribution in [0.2, 0.25) is 0 Å². The van der Waals surface area contributed by atoms with Gasteiger partial charge in [0.2, 0.25) is 11.8 Å². The molecule has 0 aromatic heterocycles. The van der Waals surface area contributed by atoms with Crippen LogP contribution < -0.4 is 15.6 Å². The molecule has 1 aliphatic rings. The molecule has 34 heavy (non-hydrogen) atoms. The quantitative estimate of drug-likeness (QED) is 0.464. The number of ether oxygens (including phenoxy) is 1. The van der Waals surface area contributed by atoms with E-state index in [-0.39, 0.29) is 18.9 Å². The largest absolute Gasteiger partial charge is 0.483 e. The normalized spacial score (nSPS) is 15.1. The average Bonchev–Trinajstić information content (AvgIpc) is 3.23. The Morgan fingerprint density at radius 2 is 1.65 bits per heavy atom. The van der Waals surface area contributed by atoms with Crippen LogP contribution >= 0.6 is 15.9 Å². The van der Waals surface area contributed by atoms with Crippen LogP contribution in [0.25, 0.3) is 11.1 Å². The molecule has 1 atom stereocenters. The Morgan fingerprint density at radius 1 is 0.941 bits per heavy atom. The van der Waals surface area contributed by atoms with Crippen molar-refractivity contribution >= 4 is 33.7 Å². The minimum Gasteiger partial charge on any atom is -0.483 e. The number of amides is 3. The molecule has 7 nitrogen and oxygen atoms in total. The smallest absolute Gasteiger partial charge is 0.276 e. The van der Waals surface area contributed by atoms with Gasteiger partial charge in [0.05, 0.1) is 10.4 Å². The highest BCUT2D eigenvalue weighted by molar-refractivity contribution is 9.10. The van der Waals surface area contributed by atoms with Crippen molar-refractivity contribution in [3.8, 4) is 16.9 Å². The van der Waals surface area contributed by atoms with E-state index in [1.807, 2.05) is 72.8 Å². The van der Waals surface area contributed by atoms with E-state index in [2.05, 4.69) is 26.8 Å². The molecule has 174 valence electrons. The van der Waals surface area contributed by atoms with Gasteiger partial charge in [-0.15, -0.1) is 0 Å². The third-order valence-electron chi connectivity index (χ3n) is 5.52. The van der Waals surface area contributed by atoms with Crippen molar-refractivity contribution in [2.45, 2.75) is 13.0 Å².